The maximum Gasteiger partial charge on any atom is 0.440 e. The van der Waals surface area contributed by atoms with Crippen LogP contribution in [0.25, 0.3) is 0 Å². The predicted molar refractivity (Wildman–Crippen MR) is 40.9 cm³/mol. The summed E-state index contributed by atoms with van der Waals surface area (Å²) < 4.78 is 36.4. The average Bonchev–Trinajstić information content (AvgIpc) is 2.01. The van der Waals surface area contributed by atoms with Crippen LogP contribution in [-0.2, 0) is 6.18 Å². The van der Waals surface area contributed by atoms with Crippen LogP contribution in [0.1, 0.15) is 5.69 Å². The van der Waals surface area contributed by atoms with Crippen LogP contribution in [0.3, 0.4) is 0 Å². The smallest absolute Gasteiger partial charge is 0.258 e. The van der Waals surface area contributed by atoms with E-state index in [2.05, 4.69) is 4.98 Å². The van der Waals surface area contributed by atoms with E-state index >= 15 is 0 Å². The van der Waals surface area contributed by atoms with Gasteiger partial charge < -0.3 is 0 Å². The molecule has 4 nitrogen and oxygen atoms in total. The Bertz CT molecular complexity index is 380. The lowest BCUT2D eigenvalue weighted by Crippen LogP contribution is -2.11. The molecule has 8 heteroatoms. The van der Waals surface area contributed by atoms with E-state index in [0.29, 0.717) is 12.3 Å². The Morgan fingerprint density at radius 3 is 2.50 bits per heavy atom. The van der Waals surface area contributed by atoms with Gasteiger partial charge in [0.05, 0.1) is 9.95 Å². The minimum Gasteiger partial charge on any atom is -0.258 e. The molecule has 14 heavy (non-hydrogen) atoms. The van der Waals surface area contributed by atoms with Crippen LogP contribution >= 0.6 is 11.6 Å². The zero-order chi connectivity index (χ0) is 10.9. The number of pyridine rings is 1. The van der Waals surface area contributed by atoms with Gasteiger partial charge in [0, 0.05) is 12.3 Å². The third kappa shape index (κ3) is 2.11. The molecule has 0 atom stereocenters. The van der Waals surface area contributed by atoms with Crippen molar-refractivity contribution in [3.8, 4) is 0 Å². The van der Waals surface area contributed by atoms with Crippen molar-refractivity contribution in [2.24, 2.45) is 0 Å². The van der Waals surface area contributed by atoms with E-state index in [9.17, 15) is 23.3 Å². The molecule has 0 aliphatic rings. The molecule has 1 aromatic heterocycles. The highest BCUT2D eigenvalue weighted by atomic mass is 35.5. The van der Waals surface area contributed by atoms with Gasteiger partial charge in [-0.15, -0.1) is 0 Å². The second-order valence-electron chi connectivity index (χ2n) is 2.28. The minimum atomic E-state index is -4.85. The van der Waals surface area contributed by atoms with Crippen molar-refractivity contribution in [1.82, 2.24) is 4.98 Å². The average molecular weight is 227 g/mol. The summed E-state index contributed by atoms with van der Waals surface area (Å²) in [6.45, 7) is 0. The molecule has 76 valence electrons. The van der Waals surface area contributed by atoms with E-state index in [1.165, 1.54) is 0 Å². The highest BCUT2D eigenvalue weighted by Crippen LogP contribution is 2.35. The van der Waals surface area contributed by atoms with Crippen molar-refractivity contribution in [3.63, 3.8) is 0 Å². The Morgan fingerprint density at radius 2 is 2.07 bits per heavy atom. The van der Waals surface area contributed by atoms with Crippen molar-refractivity contribution in [2.45, 2.75) is 6.18 Å². The van der Waals surface area contributed by atoms with Crippen LogP contribution in [0.4, 0.5) is 18.9 Å². The molecule has 0 radical (unpaired) electrons. The molecule has 0 aromatic carbocycles. The van der Waals surface area contributed by atoms with Crippen molar-refractivity contribution < 1.29 is 18.1 Å². The molecular formula is C6H2ClF3N2O2. The molecule has 1 aromatic rings. The summed E-state index contributed by atoms with van der Waals surface area (Å²) >= 11 is 5.28. The number of rotatable bonds is 1. The lowest BCUT2D eigenvalue weighted by atomic mass is 10.3. The lowest BCUT2D eigenvalue weighted by Gasteiger charge is -2.05. The molecule has 0 spiro atoms. The van der Waals surface area contributed by atoms with Crippen LogP contribution in [0.5, 0.6) is 0 Å². The van der Waals surface area contributed by atoms with Gasteiger partial charge in [-0.3, -0.25) is 10.1 Å². The fourth-order valence-corrected chi connectivity index (χ4v) is 0.938. The number of nitrogens with zero attached hydrogens (tertiary/aromatic N) is 2. The van der Waals surface area contributed by atoms with Crippen molar-refractivity contribution in [1.29, 1.82) is 0 Å². The van der Waals surface area contributed by atoms with Gasteiger partial charge in [0.25, 0.3) is 0 Å². The third-order valence-corrected chi connectivity index (χ3v) is 1.51. The van der Waals surface area contributed by atoms with Crippen molar-refractivity contribution >= 4 is 17.3 Å². The summed E-state index contributed by atoms with van der Waals surface area (Å²) in [6, 6.07) is 0.609. The summed E-state index contributed by atoms with van der Waals surface area (Å²) in [4.78, 5) is 11.9. The maximum absolute atomic E-state index is 12.1. The van der Waals surface area contributed by atoms with Crippen LogP contribution in [-0.4, -0.2) is 9.91 Å². The van der Waals surface area contributed by atoms with Crippen LogP contribution in [0, 0.1) is 10.1 Å². The largest absolute Gasteiger partial charge is 0.440 e. The fraction of sp³-hybridized carbons (Fsp3) is 0.167. The predicted octanol–water partition coefficient (Wildman–Crippen LogP) is 2.66. The summed E-state index contributed by atoms with van der Waals surface area (Å²) in [6.07, 6.45) is -4.15. The molecule has 1 heterocycles. The standard InChI is InChI=1S/C6H2ClF3N2O2/c7-3-1-4(12(13)14)5(11-2-3)6(8,9)10/h1-2H. The molecule has 0 bridgehead atoms. The van der Waals surface area contributed by atoms with Crippen molar-refractivity contribution in [2.75, 3.05) is 0 Å². The quantitative estimate of drug-likeness (QED) is 0.546. The number of hydrogen-bond acceptors (Lipinski definition) is 3. The normalized spacial score (nSPS) is 11.4. The Morgan fingerprint density at radius 1 is 1.50 bits per heavy atom. The fourth-order valence-electron chi connectivity index (χ4n) is 0.786. The third-order valence-electron chi connectivity index (χ3n) is 1.30. The van der Waals surface area contributed by atoms with Crippen LogP contribution < -0.4 is 0 Å². The van der Waals surface area contributed by atoms with Gasteiger partial charge in [-0.1, -0.05) is 11.6 Å². The molecule has 0 aliphatic carbocycles. The monoisotopic (exact) mass is 226 g/mol. The van der Waals surface area contributed by atoms with Crippen LogP contribution in [0.2, 0.25) is 5.02 Å². The second-order valence-corrected chi connectivity index (χ2v) is 2.71. The highest BCUT2D eigenvalue weighted by molar-refractivity contribution is 6.30. The Kier molecular flexibility index (Phi) is 2.61. The highest BCUT2D eigenvalue weighted by Gasteiger charge is 2.40. The van der Waals surface area contributed by atoms with Gasteiger partial charge >= 0.3 is 11.9 Å². The molecule has 0 saturated heterocycles. The SMILES string of the molecule is O=[N+]([O-])c1cc(Cl)cnc1C(F)(F)F. The number of aromatic nitrogens is 1. The van der Waals surface area contributed by atoms with Crippen LogP contribution in [0.15, 0.2) is 12.3 Å². The van der Waals surface area contributed by atoms with Gasteiger partial charge in [-0.05, 0) is 0 Å². The summed E-state index contributed by atoms with van der Waals surface area (Å²) in [7, 11) is 0. The lowest BCUT2D eigenvalue weighted by molar-refractivity contribution is -0.388. The van der Waals surface area contributed by atoms with E-state index in [1.54, 1.807) is 0 Å². The van der Waals surface area contributed by atoms with Crippen molar-refractivity contribution in [3.05, 3.63) is 33.1 Å². The Balaban J connectivity index is 3.37. The van der Waals surface area contributed by atoms with Gasteiger partial charge in [-0.25, -0.2) is 4.98 Å². The molecule has 0 unspecified atom stereocenters. The zero-order valence-corrected chi connectivity index (χ0v) is 7.13. The van der Waals surface area contributed by atoms with E-state index in [-0.39, 0.29) is 5.02 Å². The van der Waals surface area contributed by atoms with E-state index in [0.717, 1.165) is 0 Å². The number of halogens is 4. The molecule has 0 fully saturated rings. The first-order valence-electron chi connectivity index (χ1n) is 3.19. The van der Waals surface area contributed by atoms with Gasteiger partial charge in [-0.2, -0.15) is 13.2 Å². The maximum atomic E-state index is 12.1. The number of nitro groups is 1. The van der Waals surface area contributed by atoms with Gasteiger partial charge in [0.1, 0.15) is 0 Å². The zero-order valence-electron chi connectivity index (χ0n) is 6.38. The Labute approximate surface area is 80.5 Å². The summed E-state index contributed by atoms with van der Waals surface area (Å²) in [5.41, 5.74) is -2.70. The first kappa shape index (κ1) is 10.7. The summed E-state index contributed by atoms with van der Waals surface area (Å²) in [5.74, 6) is 0. The second kappa shape index (κ2) is 3.41. The number of alkyl halides is 3. The first-order valence-corrected chi connectivity index (χ1v) is 3.57. The molecule has 1 rings (SSSR count). The number of hydrogen-bond donors (Lipinski definition) is 0. The van der Waals surface area contributed by atoms with E-state index in [4.69, 9.17) is 11.6 Å². The van der Waals surface area contributed by atoms with E-state index in [1.807, 2.05) is 0 Å². The summed E-state index contributed by atoms with van der Waals surface area (Å²) in [5, 5.41) is 10.0. The topological polar surface area (TPSA) is 56.0 Å². The molecule has 0 amide bonds. The molecular weight excluding hydrogens is 225 g/mol. The van der Waals surface area contributed by atoms with Gasteiger partial charge in [0.2, 0.25) is 5.69 Å². The molecule has 0 saturated carbocycles. The Hall–Kier alpha value is -1.37. The molecule has 0 aliphatic heterocycles. The van der Waals surface area contributed by atoms with E-state index < -0.39 is 22.5 Å². The minimum absolute atomic E-state index is 0.218. The first-order chi connectivity index (χ1) is 6.32. The molecule has 0 N–H and O–H groups in total. The van der Waals surface area contributed by atoms with Gasteiger partial charge in [0.15, 0.2) is 0 Å².